The molecule has 0 amide bonds. The van der Waals surface area contributed by atoms with Crippen LogP contribution in [0.2, 0.25) is 0 Å². The highest BCUT2D eigenvalue weighted by Crippen LogP contribution is 2.52. The van der Waals surface area contributed by atoms with Crippen molar-refractivity contribution in [2.24, 2.45) is 5.92 Å². The molecule has 2 atom stereocenters. The van der Waals surface area contributed by atoms with Gasteiger partial charge in [0.15, 0.2) is 11.6 Å². The normalized spacial score (nSPS) is 22.2. The SMILES string of the molecule is O=C1c2cccc3c2C2c4c1ccc1cccc(c41)C(=O)C2C=C3. The number of allylic oxidation sites excluding steroid dienone is 1. The van der Waals surface area contributed by atoms with Crippen LogP contribution in [0.5, 0.6) is 0 Å². The summed E-state index contributed by atoms with van der Waals surface area (Å²) in [5.74, 6) is 0.0190. The van der Waals surface area contributed by atoms with Crippen LogP contribution >= 0.6 is 0 Å². The summed E-state index contributed by atoms with van der Waals surface area (Å²) in [5, 5.41) is 2.02. The third kappa shape index (κ3) is 1.22. The van der Waals surface area contributed by atoms with Gasteiger partial charge in [0.2, 0.25) is 0 Å². The standard InChI is InChI=1S/C22H12O2/c23-21-13-5-1-3-11-7-9-16-19(17(11)13)20-15(21)10-8-12-4-2-6-14(18(12)20)22(16)24/h1-10,15,20H. The molecule has 24 heavy (non-hydrogen) atoms. The second-order valence-electron chi connectivity index (χ2n) is 6.79. The number of ketones is 2. The average molecular weight is 308 g/mol. The Labute approximate surface area is 138 Å². The molecule has 2 nitrogen and oxygen atoms in total. The van der Waals surface area contributed by atoms with E-state index in [1.807, 2.05) is 60.7 Å². The van der Waals surface area contributed by atoms with E-state index >= 15 is 0 Å². The Hall–Kier alpha value is -3.00. The van der Waals surface area contributed by atoms with E-state index in [4.69, 9.17) is 0 Å². The summed E-state index contributed by atoms with van der Waals surface area (Å²) in [6, 6.07) is 15.6. The molecule has 3 aliphatic rings. The van der Waals surface area contributed by atoms with E-state index in [-0.39, 0.29) is 23.4 Å². The number of carbonyl (C=O) groups is 2. The fraction of sp³-hybridized carbons (Fsp3) is 0.0909. The van der Waals surface area contributed by atoms with Gasteiger partial charge in [-0.15, -0.1) is 0 Å². The lowest BCUT2D eigenvalue weighted by Gasteiger charge is -2.39. The Morgan fingerprint density at radius 2 is 1.54 bits per heavy atom. The molecule has 0 saturated carbocycles. The zero-order chi connectivity index (χ0) is 16.0. The van der Waals surface area contributed by atoms with Gasteiger partial charge in [-0.05, 0) is 27.5 Å². The predicted octanol–water partition coefficient (Wildman–Crippen LogP) is 4.36. The summed E-state index contributed by atoms with van der Waals surface area (Å²) in [4.78, 5) is 26.2. The van der Waals surface area contributed by atoms with Gasteiger partial charge in [0.05, 0.1) is 5.92 Å². The second kappa shape index (κ2) is 3.90. The minimum absolute atomic E-state index is 0.0278. The van der Waals surface area contributed by atoms with Crippen molar-refractivity contribution in [3.05, 3.63) is 88.0 Å². The van der Waals surface area contributed by atoms with Gasteiger partial charge in [-0.25, -0.2) is 0 Å². The molecule has 0 bridgehead atoms. The summed E-state index contributed by atoms with van der Waals surface area (Å²) < 4.78 is 0. The van der Waals surface area contributed by atoms with Gasteiger partial charge in [0.25, 0.3) is 0 Å². The first kappa shape index (κ1) is 12.4. The molecule has 2 heteroatoms. The van der Waals surface area contributed by atoms with Crippen molar-refractivity contribution in [2.45, 2.75) is 5.92 Å². The van der Waals surface area contributed by atoms with Crippen LogP contribution in [0.3, 0.4) is 0 Å². The van der Waals surface area contributed by atoms with Crippen LogP contribution in [0.1, 0.15) is 48.9 Å². The largest absolute Gasteiger partial charge is 0.293 e. The first-order valence-corrected chi connectivity index (χ1v) is 8.21. The molecule has 3 aromatic carbocycles. The van der Waals surface area contributed by atoms with Gasteiger partial charge in [-0.2, -0.15) is 0 Å². The summed E-state index contributed by atoms with van der Waals surface area (Å²) in [7, 11) is 0. The lowest BCUT2D eigenvalue weighted by atomic mass is 9.62. The van der Waals surface area contributed by atoms with E-state index in [1.165, 1.54) is 0 Å². The maximum atomic E-state index is 13.1. The van der Waals surface area contributed by atoms with Crippen LogP contribution < -0.4 is 0 Å². The molecule has 0 spiro atoms. The molecular weight excluding hydrogens is 296 g/mol. The molecule has 3 aliphatic carbocycles. The molecule has 2 unspecified atom stereocenters. The van der Waals surface area contributed by atoms with E-state index < -0.39 is 0 Å². The van der Waals surface area contributed by atoms with Crippen LogP contribution in [-0.2, 0) is 0 Å². The Bertz CT molecular complexity index is 1150. The lowest BCUT2D eigenvalue weighted by molar-refractivity contribution is 0.0925. The number of Topliss-reactive ketones (excluding diaryl/α,β-unsaturated/α-hetero) is 1. The topological polar surface area (TPSA) is 34.1 Å². The van der Waals surface area contributed by atoms with E-state index in [0.717, 1.165) is 44.2 Å². The first-order chi connectivity index (χ1) is 11.8. The molecule has 3 aromatic rings. The van der Waals surface area contributed by atoms with Gasteiger partial charge in [0, 0.05) is 22.6 Å². The molecule has 0 aromatic heterocycles. The molecule has 0 aliphatic heterocycles. The fourth-order valence-electron chi connectivity index (χ4n) is 4.79. The van der Waals surface area contributed by atoms with Gasteiger partial charge >= 0.3 is 0 Å². The minimum Gasteiger partial charge on any atom is -0.293 e. The Kier molecular flexibility index (Phi) is 2.02. The van der Waals surface area contributed by atoms with Crippen molar-refractivity contribution < 1.29 is 9.59 Å². The van der Waals surface area contributed by atoms with Crippen LogP contribution in [-0.4, -0.2) is 11.6 Å². The summed E-state index contributed by atoms with van der Waals surface area (Å²) >= 11 is 0. The summed E-state index contributed by atoms with van der Waals surface area (Å²) in [5.41, 5.74) is 5.44. The number of carbonyl (C=O) groups excluding carboxylic acids is 2. The maximum absolute atomic E-state index is 13.1. The third-order valence-electron chi connectivity index (χ3n) is 5.75. The van der Waals surface area contributed by atoms with E-state index in [1.54, 1.807) is 0 Å². The van der Waals surface area contributed by atoms with Crippen molar-refractivity contribution in [1.82, 2.24) is 0 Å². The van der Waals surface area contributed by atoms with Crippen LogP contribution in [0.4, 0.5) is 0 Å². The third-order valence-corrected chi connectivity index (χ3v) is 5.75. The van der Waals surface area contributed by atoms with Crippen LogP contribution in [0.15, 0.2) is 54.6 Å². The molecule has 0 N–H and O–H groups in total. The molecule has 0 radical (unpaired) electrons. The molecule has 0 heterocycles. The summed E-state index contributed by atoms with van der Waals surface area (Å²) in [6.45, 7) is 0. The van der Waals surface area contributed by atoms with Crippen molar-refractivity contribution in [3.8, 4) is 0 Å². The Balaban J connectivity index is 1.88. The van der Waals surface area contributed by atoms with Crippen molar-refractivity contribution in [1.29, 1.82) is 0 Å². The van der Waals surface area contributed by atoms with Gasteiger partial charge in [-0.3, -0.25) is 9.59 Å². The number of hydrogen-bond donors (Lipinski definition) is 0. The number of hydrogen-bond acceptors (Lipinski definition) is 2. The van der Waals surface area contributed by atoms with Crippen molar-refractivity contribution >= 4 is 28.4 Å². The number of rotatable bonds is 0. The molecule has 0 fully saturated rings. The quantitative estimate of drug-likeness (QED) is 0.618. The average Bonchev–Trinajstić information content (AvgIpc) is 2.63. The van der Waals surface area contributed by atoms with E-state index in [0.29, 0.717) is 0 Å². The van der Waals surface area contributed by atoms with Crippen LogP contribution in [0, 0.1) is 5.92 Å². The highest BCUT2D eigenvalue weighted by Gasteiger charge is 2.45. The molecule has 0 saturated heterocycles. The van der Waals surface area contributed by atoms with Gasteiger partial charge in [0.1, 0.15) is 0 Å². The first-order valence-electron chi connectivity index (χ1n) is 8.21. The Morgan fingerprint density at radius 1 is 0.750 bits per heavy atom. The van der Waals surface area contributed by atoms with Crippen molar-refractivity contribution in [2.75, 3.05) is 0 Å². The lowest BCUT2D eigenvalue weighted by Crippen LogP contribution is -2.34. The highest BCUT2D eigenvalue weighted by atomic mass is 16.1. The zero-order valence-electron chi connectivity index (χ0n) is 12.7. The predicted molar refractivity (Wildman–Crippen MR) is 92.5 cm³/mol. The fourth-order valence-corrected chi connectivity index (χ4v) is 4.79. The van der Waals surface area contributed by atoms with E-state index in [9.17, 15) is 9.59 Å². The maximum Gasteiger partial charge on any atom is 0.193 e. The second-order valence-corrected chi connectivity index (χ2v) is 6.79. The van der Waals surface area contributed by atoms with Crippen LogP contribution in [0.25, 0.3) is 16.8 Å². The summed E-state index contributed by atoms with van der Waals surface area (Å²) in [6.07, 6.45) is 4.03. The highest BCUT2D eigenvalue weighted by molar-refractivity contribution is 6.22. The smallest absolute Gasteiger partial charge is 0.193 e. The van der Waals surface area contributed by atoms with E-state index in [2.05, 4.69) is 0 Å². The Morgan fingerprint density at radius 3 is 2.46 bits per heavy atom. The number of benzene rings is 3. The molecular formula is C22H12O2. The van der Waals surface area contributed by atoms with Crippen molar-refractivity contribution in [3.63, 3.8) is 0 Å². The monoisotopic (exact) mass is 308 g/mol. The van der Waals surface area contributed by atoms with Gasteiger partial charge < -0.3 is 0 Å². The molecule has 6 rings (SSSR count). The molecule has 112 valence electrons. The minimum atomic E-state index is -0.203. The van der Waals surface area contributed by atoms with Gasteiger partial charge in [-0.1, -0.05) is 60.7 Å². The zero-order valence-corrected chi connectivity index (χ0v) is 12.7.